The number of rotatable bonds is 3. The van der Waals surface area contributed by atoms with E-state index in [0.29, 0.717) is 6.54 Å². The molecule has 0 aliphatic rings. The van der Waals surface area contributed by atoms with Crippen LogP contribution in [0, 0.1) is 22.5 Å². The molecule has 0 aliphatic heterocycles. The number of benzene rings is 1. The Morgan fingerprint density at radius 3 is 2.94 bits per heavy atom. The molecule has 0 fully saturated rings. The second-order valence-corrected chi connectivity index (χ2v) is 3.53. The minimum Gasteiger partial charge on any atom is -0.335 e. The molecule has 2 aromatic rings. The molecule has 0 atom stereocenters. The summed E-state index contributed by atoms with van der Waals surface area (Å²) in [4.78, 5) is 9.84. The van der Waals surface area contributed by atoms with Crippen LogP contribution in [0.1, 0.15) is 5.56 Å². The average molecular weight is 226 g/mol. The van der Waals surface area contributed by atoms with Crippen molar-refractivity contribution in [3.63, 3.8) is 0 Å². The van der Waals surface area contributed by atoms with Crippen molar-refractivity contribution in [3.05, 3.63) is 52.3 Å². The summed E-state index contributed by atoms with van der Waals surface area (Å²) in [6.07, 6.45) is 9.52. The summed E-state index contributed by atoms with van der Waals surface area (Å²) in [5, 5.41) is 11.3. The van der Waals surface area contributed by atoms with E-state index in [0.717, 1.165) is 22.7 Å². The number of aromatic nitrogens is 1. The fraction of sp³-hybridized carbons (Fsp3) is 0.0769. The molecule has 84 valence electrons. The van der Waals surface area contributed by atoms with E-state index in [4.69, 9.17) is 6.42 Å². The molecule has 1 aromatic heterocycles. The predicted molar refractivity (Wildman–Crippen MR) is 66.8 cm³/mol. The maximum atomic E-state index is 10.3. The smallest absolute Gasteiger partial charge is 0.235 e. The Hall–Kier alpha value is -2.54. The molecule has 0 unspecified atom stereocenters. The van der Waals surface area contributed by atoms with Crippen LogP contribution in [0.4, 0.5) is 0 Å². The topological polar surface area (TPSA) is 48.1 Å². The van der Waals surface area contributed by atoms with Gasteiger partial charge in [-0.05, 0) is 6.07 Å². The third kappa shape index (κ3) is 2.18. The third-order valence-corrected chi connectivity index (χ3v) is 2.46. The summed E-state index contributed by atoms with van der Waals surface area (Å²) in [5.41, 5.74) is 1.78. The van der Waals surface area contributed by atoms with Crippen molar-refractivity contribution in [2.75, 3.05) is 0 Å². The van der Waals surface area contributed by atoms with Crippen molar-refractivity contribution in [1.29, 1.82) is 0 Å². The highest BCUT2D eigenvalue weighted by molar-refractivity contribution is 5.89. The number of nitrogens with zero attached hydrogens (tertiary/aromatic N) is 2. The second-order valence-electron chi connectivity index (χ2n) is 3.53. The molecule has 0 saturated carbocycles. The summed E-state index contributed by atoms with van der Waals surface area (Å²) < 4.78 is 1.90. The summed E-state index contributed by atoms with van der Waals surface area (Å²) >= 11 is 0. The van der Waals surface area contributed by atoms with Gasteiger partial charge in [0.1, 0.15) is 0 Å². The van der Waals surface area contributed by atoms with Gasteiger partial charge < -0.3 is 4.57 Å². The van der Waals surface area contributed by atoms with E-state index in [-0.39, 0.29) is 0 Å². The lowest BCUT2D eigenvalue weighted by atomic mass is 10.2. The number of fused-ring (bicyclic) bond motifs is 1. The van der Waals surface area contributed by atoms with Crippen LogP contribution < -0.4 is 0 Å². The first kappa shape index (κ1) is 11.0. The molecule has 0 N–H and O–H groups in total. The van der Waals surface area contributed by atoms with Crippen LogP contribution >= 0.6 is 0 Å². The lowest BCUT2D eigenvalue weighted by molar-refractivity contribution is -0.400. The minimum absolute atomic E-state index is 0.451. The van der Waals surface area contributed by atoms with Crippen molar-refractivity contribution in [2.45, 2.75) is 6.54 Å². The normalized spacial score (nSPS) is 10.8. The Labute approximate surface area is 98.3 Å². The zero-order valence-electron chi connectivity index (χ0n) is 9.04. The molecular weight excluding hydrogens is 216 g/mol. The fourth-order valence-electron chi connectivity index (χ4n) is 1.78. The molecule has 1 heterocycles. The van der Waals surface area contributed by atoms with E-state index < -0.39 is 4.92 Å². The molecule has 0 spiro atoms. The van der Waals surface area contributed by atoms with E-state index >= 15 is 0 Å². The SMILES string of the molecule is C#CCn1cc(/C=C/[N+](=O)[O-])c2ccccc21. The first-order valence-electron chi connectivity index (χ1n) is 5.05. The molecule has 0 amide bonds. The predicted octanol–water partition coefficient (Wildman–Crippen LogP) is 2.52. The fourth-order valence-corrected chi connectivity index (χ4v) is 1.78. The van der Waals surface area contributed by atoms with Crippen molar-refractivity contribution in [2.24, 2.45) is 0 Å². The Bertz CT molecular complexity index is 632. The molecular formula is C13H10N2O2. The molecule has 0 radical (unpaired) electrons. The van der Waals surface area contributed by atoms with Gasteiger partial charge in [0.25, 0.3) is 0 Å². The van der Waals surface area contributed by atoms with Crippen molar-refractivity contribution in [3.8, 4) is 12.3 Å². The van der Waals surface area contributed by atoms with E-state index in [2.05, 4.69) is 5.92 Å². The Kier molecular flexibility index (Phi) is 2.93. The Balaban J connectivity index is 2.57. The van der Waals surface area contributed by atoms with Crippen LogP contribution in [0.25, 0.3) is 17.0 Å². The molecule has 0 aliphatic carbocycles. The first-order valence-corrected chi connectivity index (χ1v) is 5.05. The number of nitro groups is 1. The van der Waals surface area contributed by atoms with Gasteiger partial charge in [0.05, 0.1) is 11.5 Å². The molecule has 4 heteroatoms. The van der Waals surface area contributed by atoms with Gasteiger partial charge in [0.15, 0.2) is 0 Å². The van der Waals surface area contributed by atoms with E-state index in [1.807, 2.05) is 35.0 Å². The summed E-state index contributed by atoms with van der Waals surface area (Å²) in [6, 6.07) is 7.67. The number of hydrogen-bond donors (Lipinski definition) is 0. The lowest BCUT2D eigenvalue weighted by Crippen LogP contribution is -1.91. The molecule has 17 heavy (non-hydrogen) atoms. The average Bonchev–Trinajstić information content (AvgIpc) is 2.66. The molecule has 2 rings (SSSR count). The summed E-state index contributed by atoms with van der Waals surface area (Å²) in [6.45, 7) is 0.451. The zero-order valence-corrected chi connectivity index (χ0v) is 9.04. The maximum Gasteiger partial charge on any atom is 0.235 e. The van der Waals surface area contributed by atoms with Gasteiger partial charge >= 0.3 is 0 Å². The standard InChI is InChI=1S/C13H10N2O2/c1-2-8-14-10-11(7-9-15(16)17)12-5-3-4-6-13(12)14/h1,3-7,9-10H,8H2/b9-7+. The summed E-state index contributed by atoms with van der Waals surface area (Å²) in [5.74, 6) is 2.56. The van der Waals surface area contributed by atoms with Gasteiger partial charge in [0, 0.05) is 28.7 Å². The monoisotopic (exact) mass is 226 g/mol. The molecule has 0 bridgehead atoms. The lowest BCUT2D eigenvalue weighted by Gasteiger charge is -1.97. The van der Waals surface area contributed by atoms with Crippen LogP contribution in [0.15, 0.2) is 36.7 Å². The van der Waals surface area contributed by atoms with Gasteiger partial charge in [0.2, 0.25) is 6.20 Å². The summed E-state index contributed by atoms with van der Waals surface area (Å²) in [7, 11) is 0. The van der Waals surface area contributed by atoms with Crippen LogP contribution in [-0.4, -0.2) is 9.49 Å². The second kappa shape index (κ2) is 4.54. The van der Waals surface area contributed by atoms with E-state index in [1.165, 1.54) is 6.08 Å². The van der Waals surface area contributed by atoms with Crippen molar-refractivity contribution >= 4 is 17.0 Å². The molecule has 4 nitrogen and oxygen atoms in total. The van der Waals surface area contributed by atoms with Gasteiger partial charge in [-0.1, -0.05) is 24.1 Å². The third-order valence-electron chi connectivity index (χ3n) is 2.46. The highest BCUT2D eigenvalue weighted by Crippen LogP contribution is 2.22. The van der Waals surface area contributed by atoms with Gasteiger partial charge in [-0.15, -0.1) is 6.42 Å². The highest BCUT2D eigenvalue weighted by atomic mass is 16.6. The molecule has 1 aromatic carbocycles. The first-order chi connectivity index (χ1) is 8.22. The maximum absolute atomic E-state index is 10.3. The van der Waals surface area contributed by atoms with E-state index in [9.17, 15) is 10.1 Å². The Morgan fingerprint density at radius 2 is 2.24 bits per heavy atom. The van der Waals surface area contributed by atoms with Gasteiger partial charge in [-0.2, -0.15) is 0 Å². The van der Waals surface area contributed by atoms with Crippen LogP contribution in [0.2, 0.25) is 0 Å². The zero-order chi connectivity index (χ0) is 12.3. The van der Waals surface area contributed by atoms with Gasteiger partial charge in [-0.3, -0.25) is 10.1 Å². The number of terminal acetylenes is 1. The quantitative estimate of drug-likeness (QED) is 0.458. The largest absolute Gasteiger partial charge is 0.335 e. The Morgan fingerprint density at radius 1 is 1.47 bits per heavy atom. The van der Waals surface area contributed by atoms with Crippen molar-refractivity contribution in [1.82, 2.24) is 4.57 Å². The van der Waals surface area contributed by atoms with Crippen molar-refractivity contribution < 1.29 is 4.92 Å². The number of hydrogen-bond acceptors (Lipinski definition) is 2. The van der Waals surface area contributed by atoms with E-state index in [1.54, 1.807) is 0 Å². The van der Waals surface area contributed by atoms with Gasteiger partial charge in [-0.25, -0.2) is 0 Å². The number of para-hydroxylation sites is 1. The molecule has 0 saturated heterocycles. The highest BCUT2D eigenvalue weighted by Gasteiger charge is 2.05. The van der Waals surface area contributed by atoms with Crippen LogP contribution in [0.5, 0.6) is 0 Å². The minimum atomic E-state index is -0.479. The van der Waals surface area contributed by atoms with Crippen LogP contribution in [-0.2, 0) is 6.54 Å². The van der Waals surface area contributed by atoms with Crippen LogP contribution in [0.3, 0.4) is 0 Å².